The Kier molecular flexibility index (Phi) is 6.72. The molecule has 1 aromatic carbocycles. The molecule has 138 valence electrons. The van der Waals surface area contributed by atoms with Crippen LogP contribution in [0.4, 0.5) is 5.69 Å². The van der Waals surface area contributed by atoms with Crippen molar-refractivity contribution >= 4 is 17.5 Å². The van der Waals surface area contributed by atoms with Gasteiger partial charge in [0.1, 0.15) is 11.4 Å². The number of amides is 2. The van der Waals surface area contributed by atoms with Gasteiger partial charge in [-0.15, -0.1) is 0 Å². The van der Waals surface area contributed by atoms with Gasteiger partial charge in [0.2, 0.25) is 0 Å². The summed E-state index contributed by atoms with van der Waals surface area (Å²) in [5.41, 5.74) is 1.21. The van der Waals surface area contributed by atoms with E-state index in [0.717, 1.165) is 0 Å². The van der Waals surface area contributed by atoms with Gasteiger partial charge in [0, 0.05) is 24.8 Å². The first-order valence-corrected chi connectivity index (χ1v) is 8.78. The van der Waals surface area contributed by atoms with Crippen molar-refractivity contribution in [2.24, 2.45) is 0 Å². The van der Waals surface area contributed by atoms with Crippen LogP contribution in [0.1, 0.15) is 48.5 Å². The molecule has 6 heteroatoms. The summed E-state index contributed by atoms with van der Waals surface area (Å²) in [5.74, 6) is 0.0957. The molecule has 6 nitrogen and oxygen atoms in total. The number of hydrogen-bond donors (Lipinski definition) is 1. The molecule has 0 fully saturated rings. The fraction of sp³-hybridized carbons (Fsp3) is 0.350. The molecule has 0 bridgehead atoms. The van der Waals surface area contributed by atoms with Crippen molar-refractivity contribution in [1.82, 2.24) is 9.88 Å². The summed E-state index contributed by atoms with van der Waals surface area (Å²) in [7, 11) is 0. The molecule has 26 heavy (non-hydrogen) atoms. The Hall–Kier alpha value is -2.89. The van der Waals surface area contributed by atoms with E-state index in [4.69, 9.17) is 4.74 Å². The molecule has 1 heterocycles. The molecular formula is C20H25N3O3. The monoisotopic (exact) mass is 355 g/mol. The number of carbonyl (C=O) groups excluding carboxylic acids is 2. The molecule has 1 N–H and O–H groups in total. The third-order valence-corrected chi connectivity index (χ3v) is 3.79. The van der Waals surface area contributed by atoms with Crippen molar-refractivity contribution in [3.8, 4) is 5.75 Å². The zero-order valence-electron chi connectivity index (χ0n) is 15.7. The number of benzene rings is 1. The number of carbonyl (C=O) groups is 2. The highest BCUT2D eigenvalue weighted by molar-refractivity contribution is 6.06. The first-order chi connectivity index (χ1) is 12.5. The minimum atomic E-state index is -0.319. The van der Waals surface area contributed by atoms with E-state index < -0.39 is 0 Å². The number of para-hydroxylation sites is 2. The predicted octanol–water partition coefficient (Wildman–Crippen LogP) is 3.60. The molecule has 2 amide bonds. The Balaban J connectivity index is 2.21. The molecule has 0 aliphatic carbocycles. The van der Waals surface area contributed by atoms with Crippen LogP contribution in [0, 0.1) is 0 Å². The first kappa shape index (κ1) is 19.4. The Morgan fingerprint density at radius 3 is 2.50 bits per heavy atom. The number of aromatic nitrogens is 1. The SMILES string of the molecule is CCN(CC)C(=O)c1cc(C(=O)Nc2ccccc2OC(C)C)ccn1. The number of rotatable bonds is 7. The summed E-state index contributed by atoms with van der Waals surface area (Å²) < 4.78 is 5.72. The van der Waals surface area contributed by atoms with E-state index in [0.29, 0.717) is 30.1 Å². The maximum absolute atomic E-state index is 12.6. The topological polar surface area (TPSA) is 71.5 Å². The lowest BCUT2D eigenvalue weighted by Gasteiger charge is -2.18. The van der Waals surface area contributed by atoms with E-state index in [-0.39, 0.29) is 23.6 Å². The molecule has 0 saturated carbocycles. The van der Waals surface area contributed by atoms with E-state index in [2.05, 4.69) is 10.3 Å². The third-order valence-electron chi connectivity index (χ3n) is 3.79. The highest BCUT2D eigenvalue weighted by atomic mass is 16.5. The van der Waals surface area contributed by atoms with Crippen LogP contribution in [0.25, 0.3) is 0 Å². The van der Waals surface area contributed by atoms with Crippen molar-refractivity contribution in [2.45, 2.75) is 33.8 Å². The van der Waals surface area contributed by atoms with E-state index in [1.165, 1.54) is 12.3 Å². The molecule has 0 atom stereocenters. The van der Waals surface area contributed by atoms with E-state index >= 15 is 0 Å². The van der Waals surface area contributed by atoms with Crippen LogP contribution in [0.5, 0.6) is 5.75 Å². The molecular weight excluding hydrogens is 330 g/mol. The van der Waals surface area contributed by atoms with Crippen LogP contribution in [-0.4, -0.2) is 40.9 Å². The van der Waals surface area contributed by atoms with Gasteiger partial charge in [-0.1, -0.05) is 12.1 Å². The van der Waals surface area contributed by atoms with Gasteiger partial charge in [0.05, 0.1) is 11.8 Å². The maximum Gasteiger partial charge on any atom is 0.272 e. The Labute approximate surface area is 154 Å². The van der Waals surface area contributed by atoms with Gasteiger partial charge in [-0.3, -0.25) is 14.6 Å². The molecule has 0 aliphatic heterocycles. The fourth-order valence-electron chi connectivity index (χ4n) is 2.48. The smallest absolute Gasteiger partial charge is 0.272 e. The summed E-state index contributed by atoms with van der Waals surface area (Å²) in [4.78, 5) is 30.8. The predicted molar refractivity (Wildman–Crippen MR) is 102 cm³/mol. The second kappa shape index (κ2) is 8.99. The van der Waals surface area contributed by atoms with E-state index in [1.54, 1.807) is 23.1 Å². The number of nitrogens with one attached hydrogen (secondary N) is 1. The number of nitrogens with zero attached hydrogens (tertiary/aromatic N) is 2. The van der Waals surface area contributed by atoms with Crippen molar-refractivity contribution in [1.29, 1.82) is 0 Å². The molecule has 2 rings (SSSR count). The fourth-order valence-corrected chi connectivity index (χ4v) is 2.48. The average Bonchev–Trinajstić information content (AvgIpc) is 2.64. The molecule has 2 aromatic rings. The van der Waals surface area contributed by atoms with Crippen LogP contribution in [-0.2, 0) is 0 Å². The van der Waals surface area contributed by atoms with Crippen molar-refractivity contribution in [2.75, 3.05) is 18.4 Å². The molecule has 0 unspecified atom stereocenters. The molecule has 0 saturated heterocycles. The van der Waals surface area contributed by atoms with Gasteiger partial charge >= 0.3 is 0 Å². The number of pyridine rings is 1. The Morgan fingerprint density at radius 2 is 1.85 bits per heavy atom. The van der Waals surface area contributed by atoms with Crippen LogP contribution in [0.2, 0.25) is 0 Å². The highest BCUT2D eigenvalue weighted by Crippen LogP contribution is 2.25. The molecule has 1 aromatic heterocycles. The second-order valence-electron chi connectivity index (χ2n) is 6.02. The van der Waals surface area contributed by atoms with Gasteiger partial charge in [-0.2, -0.15) is 0 Å². The summed E-state index contributed by atoms with van der Waals surface area (Å²) in [5, 5.41) is 2.84. The van der Waals surface area contributed by atoms with Crippen molar-refractivity contribution < 1.29 is 14.3 Å². The second-order valence-corrected chi connectivity index (χ2v) is 6.02. The highest BCUT2D eigenvalue weighted by Gasteiger charge is 2.17. The van der Waals surface area contributed by atoms with Gasteiger partial charge in [0.25, 0.3) is 11.8 Å². The van der Waals surface area contributed by atoms with E-state index in [1.807, 2.05) is 39.8 Å². The van der Waals surface area contributed by atoms with Gasteiger partial charge in [-0.25, -0.2) is 0 Å². The standard InChI is InChI=1S/C20H25N3O3/c1-5-23(6-2)20(25)17-13-15(11-12-21-17)19(24)22-16-9-7-8-10-18(16)26-14(3)4/h7-14H,5-6H2,1-4H3,(H,22,24). The summed E-state index contributed by atoms with van der Waals surface area (Å²) >= 11 is 0. The first-order valence-electron chi connectivity index (χ1n) is 8.78. The lowest BCUT2D eigenvalue weighted by molar-refractivity contribution is 0.0767. The quantitative estimate of drug-likeness (QED) is 0.824. The number of ether oxygens (including phenoxy) is 1. The van der Waals surface area contributed by atoms with Gasteiger partial charge in [0.15, 0.2) is 0 Å². The van der Waals surface area contributed by atoms with Crippen LogP contribution >= 0.6 is 0 Å². The van der Waals surface area contributed by atoms with Crippen LogP contribution in [0.15, 0.2) is 42.6 Å². The van der Waals surface area contributed by atoms with Gasteiger partial charge in [-0.05, 0) is 52.0 Å². The summed E-state index contributed by atoms with van der Waals surface area (Å²) in [6.45, 7) is 8.84. The minimum Gasteiger partial charge on any atom is -0.489 e. The Bertz CT molecular complexity index is 770. The maximum atomic E-state index is 12.6. The molecule has 0 aliphatic rings. The van der Waals surface area contributed by atoms with Crippen molar-refractivity contribution in [3.63, 3.8) is 0 Å². The number of anilines is 1. The molecule has 0 radical (unpaired) electrons. The Morgan fingerprint density at radius 1 is 1.15 bits per heavy atom. The van der Waals surface area contributed by atoms with Crippen molar-refractivity contribution in [3.05, 3.63) is 53.9 Å². The van der Waals surface area contributed by atoms with Crippen LogP contribution in [0.3, 0.4) is 0 Å². The summed E-state index contributed by atoms with van der Waals surface area (Å²) in [6, 6.07) is 10.4. The minimum absolute atomic E-state index is 0.00716. The lowest BCUT2D eigenvalue weighted by Crippen LogP contribution is -2.31. The van der Waals surface area contributed by atoms with Gasteiger partial charge < -0.3 is 15.0 Å². The largest absolute Gasteiger partial charge is 0.489 e. The number of hydrogen-bond acceptors (Lipinski definition) is 4. The molecule has 0 spiro atoms. The zero-order chi connectivity index (χ0) is 19.1. The zero-order valence-corrected chi connectivity index (χ0v) is 15.7. The lowest BCUT2D eigenvalue weighted by atomic mass is 10.2. The summed E-state index contributed by atoms with van der Waals surface area (Å²) in [6.07, 6.45) is 1.47. The average molecular weight is 355 g/mol. The van der Waals surface area contributed by atoms with Crippen LogP contribution < -0.4 is 10.1 Å². The van der Waals surface area contributed by atoms with E-state index in [9.17, 15) is 9.59 Å². The third kappa shape index (κ3) is 4.81. The normalized spacial score (nSPS) is 10.5.